The molecule has 2 rings (SSSR count). The van der Waals surface area contributed by atoms with Crippen LogP contribution in [0.5, 0.6) is 0 Å². The first-order valence-electron chi connectivity index (χ1n) is 4.16. The largest absolute Gasteiger partial charge is 0.299 e. The van der Waals surface area contributed by atoms with Crippen molar-refractivity contribution >= 4 is 21.7 Å². The van der Waals surface area contributed by atoms with E-state index < -0.39 is 0 Å². The number of carbonyl (C=O) groups excluding carboxylic acids is 1. The molecule has 0 aromatic heterocycles. The number of benzene rings is 1. The van der Waals surface area contributed by atoms with Crippen LogP contribution in [0.3, 0.4) is 0 Å². The van der Waals surface area contributed by atoms with E-state index in [0.717, 1.165) is 12.0 Å². The Balaban J connectivity index is 2.31. The van der Waals surface area contributed by atoms with Gasteiger partial charge in [-0.25, -0.2) is 4.39 Å². The Labute approximate surface area is 84.1 Å². The number of halogens is 2. The zero-order valence-electron chi connectivity index (χ0n) is 6.89. The maximum Gasteiger partial charge on any atom is 0.140 e. The number of hydrogen-bond acceptors (Lipinski definition) is 1. The topological polar surface area (TPSA) is 17.1 Å². The molecule has 1 atom stereocenters. The van der Waals surface area contributed by atoms with E-state index in [2.05, 4.69) is 15.9 Å². The Kier molecular flexibility index (Phi) is 2.20. The fourth-order valence-electron chi connectivity index (χ4n) is 1.49. The molecule has 0 heterocycles. The smallest absolute Gasteiger partial charge is 0.140 e. The molecule has 0 spiro atoms. The fraction of sp³-hybridized carbons (Fsp3) is 0.300. The third-order valence-corrected chi connectivity index (χ3v) is 3.02. The Bertz CT molecular complexity index is 362. The average Bonchev–Trinajstić information content (AvgIpc) is 2.09. The van der Waals surface area contributed by atoms with Crippen molar-refractivity contribution in [1.29, 1.82) is 0 Å². The highest BCUT2D eigenvalue weighted by Crippen LogP contribution is 2.34. The first-order valence-corrected chi connectivity index (χ1v) is 4.95. The summed E-state index contributed by atoms with van der Waals surface area (Å²) < 4.78 is 13.3. The van der Waals surface area contributed by atoms with Crippen molar-refractivity contribution in [2.24, 2.45) is 0 Å². The second-order valence-corrected chi connectivity index (χ2v) is 4.09. The normalized spacial score (nSPS) is 21.4. The zero-order valence-corrected chi connectivity index (χ0v) is 8.47. The van der Waals surface area contributed by atoms with Crippen LogP contribution >= 0.6 is 15.9 Å². The molecule has 0 amide bonds. The summed E-state index contributed by atoms with van der Waals surface area (Å²) in [5.41, 5.74) is 0.921. The highest BCUT2D eigenvalue weighted by atomic mass is 79.9. The number of rotatable bonds is 1. The molecular formula is C10H8BrFO. The van der Waals surface area contributed by atoms with Crippen molar-refractivity contribution in [2.75, 3.05) is 0 Å². The van der Waals surface area contributed by atoms with Crippen molar-refractivity contribution in [2.45, 2.75) is 18.8 Å². The van der Waals surface area contributed by atoms with Gasteiger partial charge in [-0.3, -0.25) is 4.79 Å². The number of ketones is 1. The van der Waals surface area contributed by atoms with Crippen molar-refractivity contribution in [3.8, 4) is 0 Å². The minimum Gasteiger partial charge on any atom is -0.299 e. The van der Waals surface area contributed by atoms with Crippen LogP contribution in [0.4, 0.5) is 4.39 Å². The van der Waals surface area contributed by atoms with E-state index in [0.29, 0.717) is 10.9 Å². The maximum atomic E-state index is 12.8. The summed E-state index contributed by atoms with van der Waals surface area (Å²) in [7, 11) is 0. The fourth-order valence-corrected chi connectivity index (χ4v) is 1.88. The number of hydrogen-bond donors (Lipinski definition) is 0. The van der Waals surface area contributed by atoms with E-state index in [4.69, 9.17) is 0 Å². The van der Waals surface area contributed by atoms with Gasteiger partial charge in [0.1, 0.15) is 11.6 Å². The molecule has 1 aromatic rings. The van der Waals surface area contributed by atoms with Gasteiger partial charge in [-0.15, -0.1) is 0 Å². The van der Waals surface area contributed by atoms with E-state index in [-0.39, 0.29) is 17.5 Å². The van der Waals surface area contributed by atoms with Crippen LogP contribution < -0.4 is 0 Å². The molecule has 68 valence electrons. The monoisotopic (exact) mass is 242 g/mol. The van der Waals surface area contributed by atoms with Crippen LogP contribution in [0, 0.1) is 5.82 Å². The van der Waals surface area contributed by atoms with Gasteiger partial charge in [-0.05, 0) is 40.0 Å². The van der Waals surface area contributed by atoms with Crippen LogP contribution in [-0.4, -0.2) is 5.78 Å². The second kappa shape index (κ2) is 3.22. The number of Topliss-reactive ketones (excluding diaryl/α,β-unsaturated/α-hetero) is 1. The van der Waals surface area contributed by atoms with E-state index >= 15 is 0 Å². The molecular weight excluding hydrogens is 235 g/mol. The molecule has 1 nitrogen and oxygen atoms in total. The van der Waals surface area contributed by atoms with Gasteiger partial charge in [-0.2, -0.15) is 0 Å². The van der Waals surface area contributed by atoms with E-state index in [1.54, 1.807) is 12.1 Å². The first-order chi connectivity index (χ1) is 6.18. The zero-order chi connectivity index (χ0) is 9.42. The Hall–Kier alpha value is -0.700. The van der Waals surface area contributed by atoms with E-state index in [1.807, 2.05) is 0 Å². The van der Waals surface area contributed by atoms with Crippen LogP contribution in [0.2, 0.25) is 0 Å². The van der Waals surface area contributed by atoms with Crippen LogP contribution in [0.1, 0.15) is 24.3 Å². The van der Waals surface area contributed by atoms with Crippen molar-refractivity contribution in [3.05, 3.63) is 34.1 Å². The van der Waals surface area contributed by atoms with Gasteiger partial charge in [0.15, 0.2) is 0 Å². The molecule has 0 unspecified atom stereocenters. The summed E-state index contributed by atoms with van der Waals surface area (Å²) >= 11 is 3.10. The summed E-state index contributed by atoms with van der Waals surface area (Å²) in [6, 6.07) is 4.77. The molecule has 0 saturated heterocycles. The predicted octanol–water partition coefficient (Wildman–Crippen LogP) is 3.03. The predicted molar refractivity (Wildman–Crippen MR) is 51.1 cm³/mol. The molecule has 0 N–H and O–H groups in total. The van der Waals surface area contributed by atoms with Crippen LogP contribution in [0.15, 0.2) is 22.7 Å². The molecule has 1 aliphatic rings. The molecule has 1 fully saturated rings. The van der Waals surface area contributed by atoms with Crippen molar-refractivity contribution < 1.29 is 9.18 Å². The van der Waals surface area contributed by atoms with E-state index in [9.17, 15) is 9.18 Å². The Morgan fingerprint density at radius 1 is 1.46 bits per heavy atom. The number of carbonyl (C=O) groups is 1. The minimum absolute atomic E-state index is 0.0110. The van der Waals surface area contributed by atoms with Gasteiger partial charge >= 0.3 is 0 Å². The lowest BCUT2D eigenvalue weighted by molar-refractivity contribution is -0.125. The summed E-state index contributed by atoms with van der Waals surface area (Å²) in [6.07, 6.45) is 1.57. The van der Waals surface area contributed by atoms with Gasteiger partial charge in [0.2, 0.25) is 0 Å². The van der Waals surface area contributed by atoms with Gasteiger partial charge in [0, 0.05) is 12.3 Å². The maximum absolute atomic E-state index is 12.8. The summed E-state index contributed by atoms with van der Waals surface area (Å²) in [6.45, 7) is 0. The molecule has 0 bridgehead atoms. The van der Waals surface area contributed by atoms with Gasteiger partial charge < -0.3 is 0 Å². The quantitative estimate of drug-likeness (QED) is 0.740. The van der Waals surface area contributed by atoms with Gasteiger partial charge in [-0.1, -0.05) is 6.07 Å². The molecule has 1 aromatic carbocycles. The molecule has 3 heteroatoms. The highest BCUT2D eigenvalue weighted by Gasteiger charge is 2.29. The standard InChI is InChI=1S/C10H8BrFO/c11-8-5-6(1-3-9(8)12)7-2-4-10(7)13/h1,3,5,7H,2,4H2/t7-/m1/s1. The first kappa shape index (κ1) is 8.88. The van der Waals surface area contributed by atoms with Crippen LogP contribution in [-0.2, 0) is 4.79 Å². The summed E-state index contributed by atoms with van der Waals surface area (Å²) in [5, 5.41) is 0. The lowest BCUT2D eigenvalue weighted by Crippen LogP contribution is -2.23. The average molecular weight is 243 g/mol. The van der Waals surface area contributed by atoms with Gasteiger partial charge in [0.05, 0.1) is 4.47 Å². The highest BCUT2D eigenvalue weighted by molar-refractivity contribution is 9.10. The van der Waals surface area contributed by atoms with E-state index in [1.165, 1.54) is 6.07 Å². The molecule has 1 saturated carbocycles. The third-order valence-electron chi connectivity index (χ3n) is 2.41. The SMILES string of the molecule is O=C1CC[C@@H]1c1ccc(F)c(Br)c1. The molecule has 13 heavy (non-hydrogen) atoms. The van der Waals surface area contributed by atoms with Gasteiger partial charge in [0.25, 0.3) is 0 Å². The van der Waals surface area contributed by atoms with Crippen LogP contribution in [0.25, 0.3) is 0 Å². The van der Waals surface area contributed by atoms with Crippen molar-refractivity contribution in [3.63, 3.8) is 0 Å². The Morgan fingerprint density at radius 2 is 2.23 bits per heavy atom. The molecule has 0 aliphatic heterocycles. The summed E-state index contributed by atoms with van der Waals surface area (Å²) in [4.78, 5) is 11.1. The molecule has 0 radical (unpaired) electrons. The summed E-state index contributed by atoms with van der Waals surface area (Å²) in [5.74, 6) is -0.00840. The Morgan fingerprint density at radius 3 is 2.69 bits per heavy atom. The van der Waals surface area contributed by atoms with Crippen molar-refractivity contribution in [1.82, 2.24) is 0 Å². The lowest BCUT2D eigenvalue weighted by Gasteiger charge is -2.24. The third kappa shape index (κ3) is 1.53. The molecule has 1 aliphatic carbocycles. The second-order valence-electron chi connectivity index (χ2n) is 3.23. The lowest BCUT2D eigenvalue weighted by atomic mass is 9.79. The minimum atomic E-state index is -0.282.